The molecule has 0 atom stereocenters. The summed E-state index contributed by atoms with van der Waals surface area (Å²) in [4.78, 5) is 26.2. The van der Waals surface area contributed by atoms with E-state index in [-0.39, 0.29) is 30.3 Å². The summed E-state index contributed by atoms with van der Waals surface area (Å²) >= 11 is 0. The molecule has 3 heterocycles. The van der Waals surface area contributed by atoms with Gasteiger partial charge in [0.1, 0.15) is 11.6 Å². The lowest BCUT2D eigenvalue weighted by molar-refractivity contribution is 0.216. The van der Waals surface area contributed by atoms with Gasteiger partial charge in [0.15, 0.2) is 0 Å². The number of aliphatic hydroxyl groups excluding tert-OH is 1. The molecule has 0 aliphatic carbocycles. The van der Waals surface area contributed by atoms with Gasteiger partial charge < -0.3 is 24.4 Å². The minimum Gasteiger partial charge on any atom is -0.467 e. The van der Waals surface area contributed by atoms with E-state index in [1.807, 2.05) is 19.9 Å². The average molecular weight is 403 g/mol. The molecular formula is C19H29N7O3. The van der Waals surface area contributed by atoms with Gasteiger partial charge in [-0.3, -0.25) is 0 Å². The minimum atomic E-state index is -0.234. The van der Waals surface area contributed by atoms with Crippen LogP contribution in [-0.4, -0.2) is 75.0 Å². The van der Waals surface area contributed by atoms with Crippen LogP contribution >= 0.6 is 0 Å². The zero-order valence-corrected chi connectivity index (χ0v) is 17.7. The van der Waals surface area contributed by atoms with Crippen LogP contribution < -0.4 is 19.3 Å². The summed E-state index contributed by atoms with van der Waals surface area (Å²) in [7, 11) is 1.53. The molecule has 1 aliphatic rings. The molecule has 0 spiro atoms. The molecular weight excluding hydrogens is 374 g/mol. The zero-order valence-electron chi connectivity index (χ0n) is 17.7. The van der Waals surface area contributed by atoms with Crippen LogP contribution in [0.15, 0.2) is 12.3 Å². The predicted molar refractivity (Wildman–Crippen MR) is 109 cm³/mol. The van der Waals surface area contributed by atoms with Crippen molar-refractivity contribution in [2.45, 2.75) is 45.8 Å². The van der Waals surface area contributed by atoms with Crippen LogP contribution in [0.5, 0.6) is 12.0 Å². The molecule has 0 aromatic carbocycles. The Kier molecular flexibility index (Phi) is 6.31. The number of ether oxygens (including phenoxy) is 2. The largest absolute Gasteiger partial charge is 0.467 e. The van der Waals surface area contributed by atoms with E-state index in [4.69, 9.17) is 14.6 Å². The molecule has 0 saturated carbocycles. The molecule has 1 aliphatic heterocycles. The SMILES string of the molecule is COc1nc(OC(C)C)nc(N2CCN(c3ccnc(CCO)n3)C(C)(C)C2)n1. The maximum atomic E-state index is 9.16. The lowest BCUT2D eigenvalue weighted by Gasteiger charge is -2.47. The highest BCUT2D eigenvalue weighted by Gasteiger charge is 2.36. The predicted octanol–water partition coefficient (Wildman–Crippen LogP) is 1.10. The zero-order chi connectivity index (χ0) is 21.0. The first-order chi connectivity index (χ1) is 13.8. The first-order valence-electron chi connectivity index (χ1n) is 9.74. The summed E-state index contributed by atoms with van der Waals surface area (Å²) in [6, 6.07) is 2.39. The van der Waals surface area contributed by atoms with E-state index in [1.54, 1.807) is 6.20 Å². The molecule has 29 heavy (non-hydrogen) atoms. The molecule has 0 unspecified atom stereocenters. The number of anilines is 2. The summed E-state index contributed by atoms with van der Waals surface area (Å²) < 4.78 is 10.9. The van der Waals surface area contributed by atoms with E-state index in [1.165, 1.54) is 7.11 Å². The number of methoxy groups -OCH3 is 1. The fraction of sp³-hybridized carbons (Fsp3) is 0.632. The fourth-order valence-electron chi connectivity index (χ4n) is 3.33. The molecule has 1 saturated heterocycles. The van der Waals surface area contributed by atoms with Gasteiger partial charge in [0.25, 0.3) is 0 Å². The first-order valence-corrected chi connectivity index (χ1v) is 9.74. The summed E-state index contributed by atoms with van der Waals surface area (Å²) in [5.41, 5.74) is -0.234. The third-order valence-corrected chi connectivity index (χ3v) is 4.59. The van der Waals surface area contributed by atoms with E-state index in [0.717, 1.165) is 12.4 Å². The lowest BCUT2D eigenvalue weighted by Crippen LogP contribution is -2.60. The number of aliphatic hydroxyl groups is 1. The Bertz CT molecular complexity index is 831. The number of hydrogen-bond acceptors (Lipinski definition) is 10. The topological polar surface area (TPSA) is 110 Å². The van der Waals surface area contributed by atoms with Crippen LogP contribution in [0, 0.1) is 0 Å². The Labute approximate surface area is 171 Å². The van der Waals surface area contributed by atoms with E-state index in [2.05, 4.69) is 48.6 Å². The number of aromatic nitrogens is 5. The molecule has 10 nitrogen and oxygen atoms in total. The van der Waals surface area contributed by atoms with Crippen molar-refractivity contribution >= 4 is 11.8 Å². The van der Waals surface area contributed by atoms with Crippen molar-refractivity contribution in [2.75, 3.05) is 43.2 Å². The lowest BCUT2D eigenvalue weighted by atomic mass is 9.99. The van der Waals surface area contributed by atoms with Crippen molar-refractivity contribution in [3.63, 3.8) is 0 Å². The van der Waals surface area contributed by atoms with Gasteiger partial charge in [-0.15, -0.1) is 4.98 Å². The van der Waals surface area contributed by atoms with Gasteiger partial charge in [-0.25, -0.2) is 9.97 Å². The van der Waals surface area contributed by atoms with Crippen LogP contribution in [0.1, 0.15) is 33.5 Å². The highest BCUT2D eigenvalue weighted by molar-refractivity contribution is 5.46. The fourth-order valence-corrected chi connectivity index (χ4v) is 3.33. The van der Waals surface area contributed by atoms with Crippen molar-refractivity contribution in [3.8, 4) is 12.0 Å². The Balaban J connectivity index is 1.82. The third-order valence-electron chi connectivity index (χ3n) is 4.59. The van der Waals surface area contributed by atoms with Gasteiger partial charge >= 0.3 is 12.0 Å². The second kappa shape index (κ2) is 8.73. The van der Waals surface area contributed by atoms with Gasteiger partial charge in [0.2, 0.25) is 5.95 Å². The van der Waals surface area contributed by atoms with Gasteiger partial charge in [-0.05, 0) is 33.8 Å². The van der Waals surface area contributed by atoms with Crippen molar-refractivity contribution in [1.29, 1.82) is 0 Å². The summed E-state index contributed by atoms with van der Waals surface area (Å²) in [6.07, 6.45) is 2.13. The van der Waals surface area contributed by atoms with Crippen LogP contribution in [0.2, 0.25) is 0 Å². The van der Waals surface area contributed by atoms with Gasteiger partial charge in [-0.2, -0.15) is 9.97 Å². The average Bonchev–Trinajstić information content (AvgIpc) is 2.67. The maximum Gasteiger partial charge on any atom is 0.324 e. The smallest absolute Gasteiger partial charge is 0.324 e. The monoisotopic (exact) mass is 403 g/mol. The molecule has 1 N–H and O–H groups in total. The van der Waals surface area contributed by atoms with E-state index >= 15 is 0 Å². The number of piperazine rings is 1. The van der Waals surface area contributed by atoms with Crippen LogP contribution in [0.25, 0.3) is 0 Å². The van der Waals surface area contributed by atoms with Gasteiger partial charge in [0.05, 0.1) is 25.4 Å². The standard InChI is InChI=1S/C19H29N7O3/c1-13(2)29-18-23-16(22-17(24-18)28-5)25-9-10-26(19(3,4)12-25)15-6-8-20-14(21-15)7-11-27/h6,8,13,27H,7,9-12H2,1-5H3. The van der Waals surface area contributed by atoms with Crippen molar-refractivity contribution < 1.29 is 14.6 Å². The third kappa shape index (κ3) is 5.00. The molecule has 10 heteroatoms. The Morgan fingerprint density at radius 3 is 2.55 bits per heavy atom. The second-order valence-electron chi connectivity index (χ2n) is 7.76. The Hall–Kier alpha value is -2.75. The first kappa shape index (κ1) is 21.0. The molecule has 1 fully saturated rings. The number of hydrogen-bond donors (Lipinski definition) is 1. The van der Waals surface area contributed by atoms with Gasteiger partial charge in [-0.1, -0.05) is 0 Å². The van der Waals surface area contributed by atoms with E-state index < -0.39 is 0 Å². The molecule has 158 valence electrons. The Morgan fingerprint density at radius 2 is 1.90 bits per heavy atom. The summed E-state index contributed by atoms with van der Waals surface area (Å²) in [5.74, 6) is 2.02. The molecule has 2 aromatic heterocycles. The highest BCUT2D eigenvalue weighted by Crippen LogP contribution is 2.29. The number of nitrogens with zero attached hydrogens (tertiary/aromatic N) is 7. The number of rotatable bonds is 7. The minimum absolute atomic E-state index is 0.0304. The van der Waals surface area contributed by atoms with Crippen molar-refractivity contribution in [3.05, 3.63) is 18.1 Å². The highest BCUT2D eigenvalue weighted by atomic mass is 16.5. The quantitative estimate of drug-likeness (QED) is 0.721. The van der Waals surface area contributed by atoms with Crippen molar-refractivity contribution in [1.82, 2.24) is 24.9 Å². The molecule has 0 radical (unpaired) electrons. The molecule has 2 aromatic rings. The second-order valence-corrected chi connectivity index (χ2v) is 7.76. The van der Waals surface area contributed by atoms with Crippen molar-refractivity contribution in [2.24, 2.45) is 0 Å². The van der Waals surface area contributed by atoms with Gasteiger partial charge in [0, 0.05) is 32.3 Å². The summed E-state index contributed by atoms with van der Waals surface area (Å²) in [5, 5.41) is 9.16. The summed E-state index contributed by atoms with van der Waals surface area (Å²) in [6.45, 7) is 10.3. The molecule has 0 amide bonds. The van der Waals surface area contributed by atoms with E-state index in [9.17, 15) is 0 Å². The van der Waals surface area contributed by atoms with Crippen LogP contribution in [-0.2, 0) is 6.42 Å². The molecule has 3 rings (SSSR count). The Morgan fingerprint density at radius 1 is 1.14 bits per heavy atom. The normalized spacial score (nSPS) is 16.2. The van der Waals surface area contributed by atoms with Crippen LogP contribution in [0.4, 0.5) is 11.8 Å². The van der Waals surface area contributed by atoms with E-state index in [0.29, 0.717) is 31.3 Å². The molecule has 0 bridgehead atoms. The van der Waals surface area contributed by atoms with Crippen LogP contribution in [0.3, 0.4) is 0 Å². The maximum absolute atomic E-state index is 9.16.